The van der Waals surface area contributed by atoms with Crippen molar-refractivity contribution in [1.82, 2.24) is 5.32 Å². The van der Waals surface area contributed by atoms with Gasteiger partial charge in [-0.25, -0.2) is 0 Å². The van der Waals surface area contributed by atoms with Crippen molar-refractivity contribution in [2.75, 3.05) is 0 Å². The first-order chi connectivity index (χ1) is 9.04. The molecule has 0 spiro atoms. The minimum atomic E-state index is 0.0664. The van der Waals surface area contributed by atoms with E-state index in [4.69, 9.17) is 11.6 Å². The summed E-state index contributed by atoms with van der Waals surface area (Å²) in [6, 6.07) is 8.61. The van der Waals surface area contributed by atoms with Crippen molar-refractivity contribution in [3.8, 4) is 0 Å². The van der Waals surface area contributed by atoms with Gasteiger partial charge in [-0.1, -0.05) is 18.5 Å². The van der Waals surface area contributed by atoms with E-state index < -0.39 is 0 Å². The molecule has 0 saturated carbocycles. The molecule has 1 aromatic carbocycles. The fraction of sp³-hybridized carbons (Fsp3) is 0.562. The third-order valence-corrected chi connectivity index (χ3v) is 4.21. The lowest BCUT2D eigenvalue weighted by atomic mass is 9.95. The molecular formula is C16H22ClNO. The molecule has 3 rings (SSSR count). The van der Waals surface area contributed by atoms with Gasteiger partial charge in [-0.3, -0.25) is 4.79 Å². The number of ketones is 1. The van der Waals surface area contributed by atoms with Crippen LogP contribution in [0.15, 0.2) is 24.3 Å². The molecule has 2 bridgehead atoms. The van der Waals surface area contributed by atoms with Crippen LogP contribution in [0.3, 0.4) is 0 Å². The summed E-state index contributed by atoms with van der Waals surface area (Å²) in [6.45, 7) is 3.91. The summed E-state index contributed by atoms with van der Waals surface area (Å²) in [5.41, 5.74) is 0.699. The Labute approximate surface area is 120 Å². The van der Waals surface area contributed by atoms with E-state index in [-0.39, 0.29) is 5.78 Å². The van der Waals surface area contributed by atoms with Gasteiger partial charge in [-0.15, -0.1) is 0 Å². The topological polar surface area (TPSA) is 29.1 Å². The highest BCUT2D eigenvalue weighted by Crippen LogP contribution is 2.29. The van der Waals surface area contributed by atoms with Gasteiger partial charge in [0.1, 0.15) is 0 Å². The fourth-order valence-electron chi connectivity index (χ4n) is 3.03. The number of hydrogen-bond donors (Lipinski definition) is 1. The number of halogens is 1. The van der Waals surface area contributed by atoms with E-state index >= 15 is 0 Å². The number of carbonyl (C=O) groups is 1. The monoisotopic (exact) mass is 279 g/mol. The average Bonchev–Trinajstić information content (AvgIpc) is 2.70. The highest BCUT2D eigenvalue weighted by Gasteiger charge is 2.30. The summed E-state index contributed by atoms with van der Waals surface area (Å²) in [7, 11) is 0. The maximum atomic E-state index is 10.7. The van der Waals surface area contributed by atoms with Crippen LogP contribution in [0, 0.1) is 5.92 Å². The Kier molecular flexibility index (Phi) is 5.00. The second-order valence-corrected chi connectivity index (χ2v) is 6.21. The van der Waals surface area contributed by atoms with Crippen LogP contribution in [0.4, 0.5) is 0 Å². The molecule has 2 atom stereocenters. The predicted octanol–water partition coefficient (Wildman–Crippen LogP) is 4.08. The number of carbonyl (C=O) groups excluding carboxylic acids is 1. The van der Waals surface area contributed by atoms with Crippen molar-refractivity contribution < 1.29 is 4.79 Å². The van der Waals surface area contributed by atoms with E-state index in [0.717, 1.165) is 18.0 Å². The molecule has 1 N–H and O–H groups in total. The Hall–Kier alpha value is -0.860. The second-order valence-electron chi connectivity index (χ2n) is 5.78. The van der Waals surface area contributed by atoms with Crippen molar-refractivity contribution in [2.24, 2.45) is 5.92 Å². The first-order valence-electron chi connectivity index (χ1n) is 7.07. The second kappa shape index (κ2) is 6.53. The Bertz CT molecular complexity index is 417. The van der Waals surface area contributed by atoms with Crippen LogP contribution in [0.1, 0.15) is 49.9 Å². The molecule has 2 saturated heterocycles. The van der Waals surface area contributed by atoms with Crippen LogP contribution in [-0.2, 0) is 0 Å². The van der Waals surface area contributed by atoms with E-state index in [1.807, 2.05) is 0 Å². The Morgan fingerprint density at radius 3 is 2.16 bits per heavy atom. The first kappa shape index (κ1) is 14.5. The highest BCUT2D eigenvalue weighted by atomic mass is 35.5. The fourth-order valence-corrected chi connectivity index (χ4v) is 3.15. The Morgan fingerprint density at radius 1 is 1.16 bits per heavy atom. The zero-order valence-corrected chi connectivity index (χ0v) is 12.4. The lowest BCUT2D eigenvalue weighted by molar-refractivity contribution is 0.101. The molecule has 2 aliphatic heterocycles. The Balaban J connectivity index is 0.000000141. The quantitative estimate of drug-likeness (QED) is 0.785. The average molecular weight is 280 g/mol. The van der Waals surface area contributed by atoms with E-state index in [0.29, 0.717) is 10.6 Å². The van der Waals surface area contributed by atoms with Crippen molar-refractivity contribution in [1.29, 1.82) is 0 Å². The summed E-state index contributed by atoms with van der Waals surface area (Å²) in [5.74, 6) is 1.06. The van der Waals surface area contributed by atoms with E-state index in [1.165, 1.54) is 32.6 Å². The van der Waals surface area contributed by atoms with Gasteiger partial charge in [0.2, 0.25) is 0 Å². The molecule has 2 aliphatic rings. The van der Waals surface area contributed by atoms with Gasteiger partial charge < -0.3 is 5.32 Å². The molecular weight excluding hydrogens is 258 g/mol. The number of hydrogen-bond acceptors (Lipinski definition) is 2. The third-order valence-electron chi connectivity index (χ3n) is 3.96. The molecule has 3 heteroatoms. The standard InChI is InChI=1S/C8H7ClO.C8H15N/c1-6(10)7-2-4-8(9)5-3-7;1-6-4-7-2-3-8(5-6)9-7/h2-5H,1H3;6-9H,2-5H2,1H3. The lowest BCUT2D eigenvalue weighted by Gasteiger charge is -2.25. The SMILES string of the molecule is CC(=O)c1ccc(Cl)cc1.CC1CC2CCC(C1)N2. The Morgan fingerprint density at radius 2 is 1.68 bits per heavy atom. The van der Waals surface area contributed by atoms with Gasteiger partial charge >= 0.3 is 0 Å². The summed E-state index contributed by atoms with van der Waals surface area (Å²) in [6.07, 6.45) is 5.73. The number of Topliss-reactive ketones (excluding diaryl/α,β-unsaturated/α-hetero) is 1. The minimum Gasteiger partial charge on any atom is -0.311 e. The minimum absolute atomic E-state index is 0.0664. The molecule has 0 aliphatic carbocycles. The lowest BCUT2D eigenvalue weighted by Crippen LogP contribution is -2.37. The molecule has 0 amide bonds. The number of benzene rings is 1. The largest absolute Gasteiger partial charge is 0.311 e. The zero-order chi connectivity index (χ0) is 13.8. The van der Waals surface area contributed by atoms with Crippen LogP contribution < -0.4 is 5.32 Å². The van der Waals surface area contributed by atoms with Crippen molar-refractivity contribution in [3.63, 3.8) is 0 Å². The molecule has 0 radical (unpaired) electrons. The van der Waals surface area contributed by atoms with Gasteiger partial charge in [-0.2, -0.15) is 0 Å². The predicted molar refractivity (Wildman–Crippen MR) is 79.8 cm³/mol. The van der Waals surface area contributed by atoms with Crippen LogP contribution in [0.5, 0.6) is 0 Å². The normalized spacial score (nSPS) is 28.5. The number of piperidine rings is 1. The zero-order valence-electron chi connectivity index (χ0n) is 11.7. The van der Waals surface area contributed by atoms with Crippen molar-refractivity contribution in [3.05, 3.63) is 34.9 Å². The van der Waals surface area contributed by atoms with Crippen LogP contribution in [-0.4, -0.2) is 17.9 Å². The molecule has 0 aromatic heterocycles. The summed E-state index contributed by atoms with van der Waals surface area (Å²) in [5, 5.41) is 4.28. The number of nitrogens with one attached hydrogen (secondary N) is 1. The van der Waals surface area contributed by atoms with Gasteiger partial charge in [0.05, 0.1) is 0 Å². The molecule has 1 aromatic rings. The van der Waals surface area contributed by atoms with Gasteiger partial charge in [0.25, 0.3) is 0 Å². The van der Waals surface area contributed by atoms with E-state index in [1.54, 1.807) is 24.3 Å². The maximum absolute atomic E-state index is 10.7. The van der Waals surface area contributed by atoms with E-state index in [9.17, 15) is 4.79 Å². The smallest absolute Gasteiger partial charge is 0.159 e. The summed E-state index contributed by atoms with van der Waals surface area (Å²) in [4.78, 5) is 10.7. The summed E-state index contributed by atoms with van der Waals surface area (Å²) < 4.78 is 0. The first-order valence-corrected chi connectivity index (χ1v) is 7.45. The van der Waals surface area contributed by atoms with E-state index in [2.05, 4.69) is 12.2 Å². The molecule has 2 fully saturated rings. The van der Waals surface area contributed by atoms with Gasteiger partial charge in [0, 0.05) is 22.7 Å². The molecule has 104 valence electrons. The molecule has 2 nitrogen and oxygen atoms in total. The molecule has 2 unspecified atom stereocenters. The third kappa shape index (κ3) is 4.32. The van der Waals surface area contributed by atoms with Crippen LogP contribution in [0.25, 0.3) is 0 Å². The van der Waals surface area contributed by atoms with Crippen molar-refractivity contribution in [2.45, 2.75) is 51.6 Å². The number of fused-ring (bicyclic) bond motifs is 2. The number of rotatable bonds is 1. The summed E-state index contributed by atoms with van der Waals surface area (Å²) >= 11 is 5.61. The highest BCUT2D eigenvalue weighted by molar-refractivity contribution is 6.30. The molecule has 19 heavy (non-hydrogen) atoms. The maximum Gasteiger partial charge on any atom is 0.159 e. The van der Waals surface area contributed by atoms with Crippen LogP contribution in [0.2, 0.25) is 5.02 Å². The molecule has 2 heterocycles. The van der Waals surface area contributed by atoms with Crippen LogP contribution >= 0.6 is 11.6 Å². The van der Waals surface area contributed by atoms with Gasteiger partial charge in [-0.05, 0) is 62.8 Å². The van der Waals surface area contributed by atoms with Gasteiger partial charge in [0.15, 0.2) is 5.78 Å². The van der Waals surface area contributed by atoms with Crippen molar-refractivity contribution >= 4 is 17.4 Å².